The van der Waals surface area contributed by atoms with Crippen molar-refractivity contribution in [3.8, 4) is 6.07 Å². The summed E-state index contributed by atoms with van der Waals surface area (Å²) >= 11 is 0. The van der Waals surface area contributed by atoms with Gasteiger partial charge in [0.05, 0.1) is 17.2 Å². The van der Waals surface area contributed by atoms with Gasteiger partial charge in [0.2, 0.25) is 0 Å². The number of carbonyl (C=O) groups excluding carboxylic acids is 1. The number of hydrogen-bond acceptors (Lipinski definition) is 2. The second kappa shape index (κ2) is 4.32. The van der Waals surface area contributed by atoms with E-state index in [0.29, 0.717) is 16.8 Å². The molecule has 2 N–H and O–H groups in total. The van der Waals surface area contributed by atoms with Gasteiger partial charge in [-0.3, -0.25) is 4.79 Å². The number of hydrogen-bond donors (Lipinski definition) is 2. The lowest BCUT2D eigenvalue weighted by atomic mass is 10.2. The van der Waals surface area contributed by atoms with Gasteiger partial charge in [-0.15, -0.1) is 0 Å². The fourth-order valence-electron chi connectivity index (χ4n) is 1.30. The molecule has 0 radical (unpaired) electrons. The molecule has 0 unspecified atom stereocenters. The van der Waals surface area contributed by atoms with Gasteiger partial charge in [-0.2, -0.15) is 5.26 Å². The molecule has 0 saturated heterocycles. The molecule has 0 spiro atoms. The summed E-state index contributed by atoms with van der Waals surface area (Å²) in [6.07, 6.45) is 3.31. The third-order valence-electron chi connectivity index (χ3n) is 2.13. The van der Waals surface area contributed by atoms with E-state index in [1.54, 1.807) is 42.7 Å². The zero-order valence-corrected chi connectivity index (χ0v) is 8.40. The second-order valence-corrected chi connectivity index (χ2v) is 3.24. The maximum Gasteiger partial charge on any atom is 0.257 e. The lowest BCUT2D eigenvalue weighted by molar-refractivity contribution is 0.102. The minimum Gasteiger partial charge on any atom is -0.367 e. The molecule has 0 saturated carbocycles. The fourth-order valence-corrected chi connectivity index (χ4v) is 1.30. The van der Waals surface area contributed by atoms with E-state index in [-0.39, 0.29) is 5.91 Å². The van der Waals surface area contributed by atoms with Crippen LogP contribution in [0.1, 0.15) is 15.9 Å². The Hall–Kier alpha value is -2.54. The third kappa shape index (κ3) is 2.10. The van der Waals surface area contributed by atoms with Gasteiger partial charge in [-0.25, -0.2) is 0 Å². The Morgan fingerprint density at radius 2 is 2.00 bits per heavy atom. The molecule has 0 aliphatic heterocycles. The van der Waals surface area contributed by atoms with Crippen molar-refractivity contribution in [1.29, 1.82) is 5.26 Å². The number of nitriles is 1. The fraction of sp³-hybridized carbons (Fsp3) is 0. The third-order valence-corrected chi connectivity index (χ3v) is 2.13. The number of aromatic amines is 1. The van der Waals surface area contributed by atoms with Gasteiger partial charge in [-0.1, -0.05) is 0 Å². The van der Waals surface area contributed by atoms with Crippen LogP contribution in [0.5, 0.6) is 0 Å². The molecule has 1 aromatic heterocycles. The second-order valence-electron chi connectivity index (χ2n) is 3.24. The molecule has 1 heterocycles. The molecule has 2 rings (SSSR count). The summed E-state index contributed by atoms with van der Waals surface area (Å²) in [7, 11) is 0. The van der Waals surface area contributed by atoms with E-state index in [0.717, 1.165) is 0 Å². The van der Waals surface area contributed by atoms with E-state index in [9.17, 15) is 4.79 Å². The highest BCUT2D eigenvalue weighted by atomic mass is 16.1. The van der Waals surface area contributed by atoms with Gasteiger partial charge >= 0.3 is 0 Å². The van der Waals surface area contributed by atoms with Gasteiger partial charge in [0.25, 0.3) is 5.91 Å². The molecule has 1 amide bonds. The highest BCUT2D eigenvalue weighted by Crippen LogP contribution is 2.10. The van der Waals surface area contributed by atoms with Gasteiger partial charge in [0.1, 0.15) is 0 Å². The first-order valence-electron chi connectivity index (χ1n) is 4.74. The van der Waals surface area contributed by atoms with Gasteiger partial charge in [-0.05, 0) is 30.3 Å². The predicted octanol–water partition coefficient (Wildman–Crippen LogP) is 2.14. The lowest BCUT2D eigenvalue weighted by Crippen LogP contribution is -2.10. The van der Waals surface area contributed by atoms with Crippen molar-refractivity contribution in [1.82, 2.24) is 4.98 Å². The van der Waals surface area contributed by atoms with Crippen molar-refractivity contribution >= 4 is 11.6 Å². The Bertz CT molecular complexity index is 520. The number of carbonyl (C=O) groups is 1. The number of aromatic nitrogens is 1. The molecule has 1 aromatic carbocycles. The van der Waals surface area contributed by atoms with Crippen LogP contribution in [0.3, 0.4) is 0 Å². The first kappa shape index (κ1) is 9.99. The number of H-pyrrole nitrogens is 1. The number of nitrogens with one attached hydrogen (secondary N) is 2. The molecule has 16 heavy (non-hydrogen) atoms. The molecule has 2 aromatic rings. The zero-order chi connectivity index (χ0) is 11.4. The Labute approximate surface area is 92.5 Å². The molecule has 4 nitrogen and oxygen atoms in total. The highest BCUT2D eigenvalue weighted by Gasteiger charge is 2.05. The van der Waals surface area contributed by atoms with Crippen molar-refractivity contribution in [3.05, 3.63) is 53.9 Å². The number of amides is 1. The van der Waals surface area contributed by atoms with Crippen molar-refractivity contribution < 1.29 is 4.79 Å². The molecule has 78 valence electrons. The van der Waals surface area contributed by atoms with Crippen LogP contribution in [0.2, 0.25) is 0 Å². The minimum absolute atomic E-state index is 0.175. The van der Waals surface area contributed by atoms with Crippen molar-refractivity contribution in [2.45, 2.75) is 0 Å². The van der Waals surface area contributed by atoms with Crippen LogP contribution >= 0.6 is 0 Å². The summed E-state index contributed by atoms with van der Waals surface area (Å²) in [5.41, 5.74) is 1.81. The lowest BCUT2D eigenvalue weighted by Gasteiger charge is -2.02. The molecule has 0 atom stereocenters. The van der Waals surface area contributed by atoms with E-state index in [4.69, 9.17) is 5.26 Å². The minimum atomic E-state index is -0.175. The maximum atomic E-state index is 11.6. The Morgan fingerprint density at radius 1 is 1.25 bits per heavy atom. The van der Waals surface area contributed by atoms with E-state index in [2.05, 4.69) is 10.3 Å². The molecule has 0 fully saturated rings. The van der Waals surface area contributed by atoms with Gasteiger partial charge < -0.3 is 10.3 Å². The smallest absolute Gasteiger partial charge is 0.257 e. The van der Waals surface area contributed by atoms with E-state index < -0.39 is 0 Å². The molecule has 4 heteroatoms. The van der Waals surface area contributed by atoms with Crippen LogP contribution in [-0.2, 0) is 0 Å². The van der Waals surface area contributed by atoms with Crippen LogP contribution in [-0.4, -0.2) is 10.9 Å². The molecule has 0 bridgehead atoms. The number of benzene rings is 1. The zero-order valence-electron chi connectivity index (χ0n) is 8.40. The number of anilines is 1. The summed E-state index contributed by atoms with van der Waals surface area (Å²) in [4.78, 5) is 14.4. The van der Waals surface area contributed by atoms with Crippen LogP contribution in [0.4, 0.5) is 5.69 Å². The summed E-state index contributed by atoms with van der Waals surface area (Å²) in [6.45, 7) is 0. The SMILES string of the molecule is N#Cc1ccc(NC(=O)c2cc[nH]c2)cc1. The molecular weight excluding hydrogens is 202 g/mol. The monoisotopic (exact) mass is 211 g/mol. The Morgan fingerprint density at radius 3 is 2.56 bits per heavy atom. The topological polar surface area (TPSA) is 68.7 Å². The first-order valence-corrected chi connectivity index (χ1v) is 4.74. The van der Waals surface area contributed by atoms with Crippen LogP contribution < -0.4 is 5.32 Å². The van der Waals surface area contributed by atoms with Crippen molar-refractivity contribution in [3.63, 3.8) is 0 Å². The Kier molecular flexibility index (Phi) is 2.70. The van der Waals surface area contributed by atoms with E-state index >= 15 is 0 Å². The van der Waals surface area contributed by atoms with E-state index in [1.807, 2.05) is 6.07 Å². The van der Waals surface area contributed by atoms with Gasteiger partial charge in [0, 0.05) is 18.1 Å². The summed E-state index contributed by atoms with van der Waals surface area (Å²) in [5, 5.41) is 11.3. The Balaban J connectivity index is 2.10. The van der Waals surface area contributed by atoms with Gasteiger partial charge in [0.15, 0.2) is 0 Å². The largest absolute Gasteiger partial charge is 0.367 e. The van der Waals surface area contributed by atoms with Crippen molar-refractivity contribution in [2.24, 2.45) is 0 Å². The number of nitrogens with zero attached hydrogens (tertiary/aromatic N) is 1. The quantitative estimate of drug-likeness (QED) is 0.799. The normalized spacial score (nSPS) is 9.44. The molecule has 0 aliphatic carbocycles. The summed E-state index contributed by atoms with van der Waals surface area (Å²) in [6, 6.07) is 10.4. The number of rotatable bonds is 2. The van der Waals surface area contributed by atoms with Crippen LogP contribution in [0.25, 0.3) is 0 Å². The van der Waals surface area contributed by atoms with Crippen molar-refractivity contribution in [2.75, 3.05) is 5.32 Å². The average molecular weight is 211 g/mol. The summed E-state index contributed by atoms with van der Waals surface area (Å²) in [5.74, 6) is -0.175. The van der Waals surface area contributed by atoms with Crippen LogP contribution in [0, 0.1) is 11.3 Å². The standard InChI is InChI=1S/C12H9N3O/c13-7-9-1-3-11(4-2-9)15-12(16)10-5-6-14-8-10/h1-6,8,14H,(H,15,16). The highest BCUT2D eigenvalue weighted by molar-refractivity contribution is 6.04. The van der Waals surface area contributed by atoms with Crippen LogP contribution in [0.15, 0.2) is 42.7 Å². The first-order chi connectivity index (χ1) is 7.79. The van der Waals surface area contributed by atoms with E-state index in [1.165, 1.54) is 0 Å². The maximum absolute atomic E-state index is 11.6. The predicted molar refractivity (Wildman–Crippen MR) is 59.9 cm³/mol. The molecular formula is C12H9N3O. The average Bonchev–Trinajstić information content (AvgIpc) is 2.83. The molecule has 0 aliphatic rings. The summed E-state index contributed by atoms with van der Waals surface area (Å²) < 4.78 is 0.